The van der Waals surface area contributed by atoms with Crippen molar-refractivity contribution in [2.24, 2.45) is 11.7 Å². The third-order valence-electron chi connectivity index (χ3n) is 2.42. The van der Waals surface area contributed by atoms with Crippen LogP contribution in [-0.4, -0.2) is 7.85 Å². The van der Waals surface area contributed by atoms with E-state index in [4.69, 9.17) is 5.73 Å². The molecule has 0 heterocycles. The average Bonchev–Trinajstić information content (AvgIpc) is 2.11. The summed E-state index contributed by atoms with van der Waals surface area (Å²) in [6.45, 7) is 6.46. The second-order valence-corrected chi connectivity index (χ2v) is 3.45. The van der Waals surface area contributed by atoms with Gasteiger partial charge in [-0.25, -0.2) is 0 Å². The van der Waals surface area contributed by atoms with Crippen molar-refractivity contribution in [2.45, 2.75) is 33.5 Å². The summed E-state index contributed by atoms with van der Waals surface area (Å²) >= 11 is 0. The minimum Gasteiger partial charge on any atom is -0.405 e. The summed E-state index contributed by atoms with van der Waals surface area (Å²) in [6, 6.07) is 0. The highest BCUT2D eigenvalue weighted by molar-refractivity contribution is 6.10. The first-order valence-corrected chi connectivity index (χ1v) is 4.65. The van der Waals surface area contributed by atoms with Gasteiger partial charge < -0.3 is 5.73 Å². The largest absolute Gasteiger partial charge is 0.405 e. The molecular weight excluding hydrogens is 145 g/mol. The van der Waals surface area contributed by atoms with Crippen LogP contribution in [0.25, 0.3) is 0 Å². The fourth-order valence-corrected chi connectivity index (χ4v) is 0.872. The van der Waals surface area contributed by atoms with Crippen LogP contribution in [0.4, 0.5) is 0 Å². The average molecular weight is 165 g/mol. The lowest BCUT2D eigenvalue weighted by Crippen LogP contribution is -1.97. The van der Waals surface area contributed by atoms with E-state index < -0.39 is 0 Å². The maximum atomic E-state index is 5.43. The highest BCUT2D eigenvalue weighted by Gasteiger charge is 2.00. The third kappa shape index (κ3) is 4.27. The molecule has 0 aromatic heterocycles. The Balaban J connectivity index is 3.94. The third-order valence-corrected chi connectivity index (χ3v) is 2.42. The van der Waals surface area contributed by atoms with Gasteiger partial charge in [-0.1, -0.05) is 30.5 Å². The molecule has 0 radical (unpaired) electrons. The molecule has 0 rings (SSSR count). The van der Waals surface area contributed by atoms with Crippen molar-refractivity contribution in [1.29, 1.82) is 0 Å². The Bertz CT molecular complexity index is 182. The summed E-state index contributed by atoms with van der Waals surface area (Å²) < 4.78 is 0. The van der Waals surface area contributed by atoms with E-state index in [1.807, 2.05) is 0 Å². The Labute approximate surface area is 77.1 Å². The van der Waals surface area contributed by atoms with Crippen LogP contribution in [0.2, 0.25) is 6.32 Å². The number of allylic oxidation sites excluding steroid dienone is 3. The van der Waals surface area contributed by atoms with Crippen molar-refractivity contribution in [3.05, 3.63) is 23.4 Å². The van der Waals surface area contributed by atoms with Crippen molar-refractivity contribution in [3.63, 3.8) is 0 Å². The molecule has 68 valence electrons. The van der Waals surface area contributed by atoms with Gasteiger partial charge in [0.1, 0.15) is 7.85 Å². The van der Waals surface area contributed by atoms with Crippen molar-refractivity contribution < 1.29 is 0 Å². The molecule has 2 N–H and O–H groups in total. The molecule has 0 bridgehead atoms. The van der Waals surface area contributed by atoms with Gasteiger partial charge in [0.05, 0.1) is 0 Å². The van der Waals surface area contributed by atoms with E-state index in [0.29, 0.717) is 5.92 Å². The molecule has 0 fully saturated rings. The molecule has 12 heavy (non-hydrogen) atoms. The molecule has 0 saturated heterocycles. The second-order valence-electron chi connectivity index (χ2n) is 3.45. The summed E-state index contributed by atoms with van der Waals surface area (Å²) in [5, 5.41) is 0. The molecule has 1 nitrogen and oxygen atoms in total. The lowest BCUT2D eigenvalue weighted by molar-refractivity contribution is 0.690. The number of rotatable bonds is 4. The summed E-state index contributed by atoms with van der Waals surface area (Å²) in [4.78, 5) is 0. The zero-order valence-electron chi connectivity index (χ0n) is 8.72. The molecule has 0 aromatic rings. The molecule has 0 aliphatic heterocycles. The maximum absolute atomic E-state index is 5.43. The fourth-order valence-electron chi connectivity index (χ4n) is 0.872. The van der Waals surface area contributed by atoms with Gasteiger partial charge in [0.25, 0.3) is 0 Å². The van der Waals surface area contributed by atoms with E-state index >= 15 is 0 Å². The lowest BCUT2D eigenvalue weighted by atomic mass is 9.94. The molecule has 1 atom stereocenters. The zero-order chi connectivity index (χ0) is 9.56. The summed E-state index contributed by atoms with van der Waals surface area (Å²) in [5.41, 5.74) is 8.17. The van der Waals surface area contributed by atoms with Gasteiger partial charge in [0.15, 0.2) is 0 Å². The lowest BCUT2D eigenvalue weighted by Gasteiger charge is -2.08. The van der Waals surface area contributed by atoms with Gasteiger partial charge in [-0.3, -0.25) is 0 Å². The van der Waals surface area contributed by atoms with Crippen LogP contribution in [0.15, 0.2) is 23.4 Å². The first kappa shape index (κ1) is 11.3. The van der Waals surface area contributed by atoms with Gasteiger partial charge >= 0.3 is 0 Å². The predicted molar refractivity (Wildman–Crippen MR) is 58.8 cm³/mol. The summed E-state index contributed by atoms with van der Waals surface area (Å²) in [6.07, 6.45) is 6.27. The van der Waals surface area contributed by atoms with Gasteiger partial charge in [0.2, 0.25) is 0 Å². The standard InChI is InChI=1S/C10H20BN/c1-8(6-11)4-5-9(2)10(3)7-12/h4,7,9H,5-6,11-12H2,1-3H3/b8-4+,10-7+. The Hall–Kier alpha value is -0.655. The zero-order valence-corrected chi connectivity index (χ0v) is 8.72. The van der Waals surface area contributed by atoms with Crippen LogP contribution in [0.3, 0.4) is 0 Å². The number of hydrogen-bond acceptors (Lipinski definition) is 1. The van der Waals surface area contributed by atoms with Crippen molar-refractivity contribution in [1.82, 2.24) is 0 Å². The summed E-state index contributed by atoms with van der Waals surface area (Å²) in [5.74, 6) is 0.580. The molecular formula is C10H20BN. The quantitative estimate of drug-likeness (QED) is 0.499. The molecule has 0 amide bonds. The van der Waals surface area contributed by atoms with Crippen LogP contribution in [-0.2, 0) is 0 Å². The molecule has 0 aliphatic carbocycles. The molecule has 2 heteroatoms. The molecule has 0 spiro atoms. The van der Waals surface area contributed by atoms with E-state index in [-0.39, 0.29) is 0 Å². The Morgan fingerprint density at radius 3 is 2.50 bits per heavy atom. The van der Waals surface area contributed by atoms with Crippen molar-refractivity contribution in [3.8, 4) is 0 Å². The van der Waals surface area contributed by atoms with E-state index in [2.05, 4.69) is 34.7 Å². The second kappa shape index (κ2) is 5.93. The molecule has 0 aliphatic rings. The van der Waals surface area contributed by atoms with E-state index in [1.54, 1.807) is 6.20 Å². The maximum Gasteiger partial charge on any atom is 0.106 e. The van der Waals surface area contributed by atoms with Crippen LogP contribution in [0.5, 0.6) is 0 Å². The minimum absolute atomic E-state index is 0.580. The van der Waals surface area contributed by atoms with E-state index in [9.17, 15) is 0 Å². The monoisotopic (exact) mass is 165 g/mol. The highest BCUT2D eigenvalue weighted by atomic mass is 14.5. The molecule has 0 saturated carbocycles. The fraction of sp³-hybridized carbons (Fsp3) is 0.600. The van der Waals surface area contributed by atoms with Crippen LogP contribution >= 0.6 is 0 Å². The van der Waals surface area contributed by atoms with Crippen LogP contribution in [0.1, 0.15) is 27.2 Å². The smallest absolute Gasteiger partial charge is 0.106 e. The molecule has 1 unspecified atom stereocenters. The number of nitrogens with two attached hydrogens (primary N) is 1. The SMILES string of the molecule is BC/C(C)=C/CC(C)/C(C)=C/N. The van der Waals surface area contributed by atoms with Gasteiger partial charge in [-0.2, -0.15) is 0 Å². The number of hydrogen-bond donors (Lipinski definition) is 1. The highest BCUT2D eigenvalue weighted by Crippen LogP contribution is 2.14. The predicted octanol–water partition coefficient (Wildman–Crippen LogP) is 1.87. The van der Waals surface area contributed by atoms with E-state index in [1.165, 1.54) is 11.1 Å². The van der Waals surface area contributed by atoms with Gasteiger partial charge in [-0.15, -0.1) is 0 Å². The Morgan fingerprint density at radius 2 is 2.08 bits per heavy atom. The van der Waals surface area contributed by atoms with Crippen LogP contribution < -0.4 is 5.73 Å². The molecule has 0 aromatic carbocycles. The van der Waals surface area contributed by atoms with Gasteiger partial charge in [-0.05, 0) is 32.4 Å². The topological polar surface area (TPSA) is 26.0 Å². The van der Waals surface area contributed by atoms with E-state index in [0.717, 1.165) is 12.7 Å². The normalized spacial score (nSPS) is 16.2. The van der Waals surface area contributed by atoms with Crippen molar-refractivity contribution >= 4 is 7.85 Å². The Kier molecular flexibility index (Phi) is 5.60. The first-order valence-electron chi connectivity index (χ1n) is 4.65. The first-order chi connectivity index (χ1) is 5.61. The van der Waals surface area contributed by atoms with Crippen LogP contribution in [0, 0.1) is 5.92 Å². The summed E-state index contributed by atoms with van der Waals surface area (Å²) in [7, 11) is 2.18. The van der Waals surface area contributed by atoms with Gasteiger partial charge in [0, 0.05) is 0 Å². The minimum atomic E-state index is 0.580. The Morgan fingerprint density at radius 1 is 1.50 bits per heavy atom. The van der Waals surface area contributed by atoms with Crippen molar-refractivity contribution in [2.75, 3.05) is 0 Å².